The lowest BCUT2D eigenvalue weighted by molar-refractivity contribution is -0.353. The van der Waals surface area contributed by atoms with Crippen molar-refractivity contribution < 1.29 is 38.7 Å². The van der Waals surface area contributed by atoms with Crippen molar-refractivity contribution in [1.29, 1.82) is 0 Å². The normalized spacial score (nSPS) is 14.8. The van der Waals surface area contributed by atoms with Gasteiger partial charge >= 0.3 is 5.97 Å². The van der Waals surface area contributed by atoms with Gasteiger partial charge in [-0.15, -0.1) is 0 Å². The van der Waals surface area contributed by atoms with Crippen LogP contribution in [0.15, 0.2) is 0 Å². The first-order chi connectivity index (χ1) is 10.6. The van der Waals surface area contributed by atoms with Crippen LogP contribution < -0.4 is 0 Å². The lowest BCUT2D eigenvalue weighted by Gasteiger charge is -2.26. The van der Waals surface area contributed by atoms with Gasteiger partial charge in [0.2, 0.25) is 0 Å². The fraction of sp³-hybridized carbons (Fsp3) is 0.933. The zero-order valence-corrected chi connectivity index (χ0v) is 14.7. The Balaban J connectivity index is 3.92. The van der Waals surface area contributed by atoms with E-state index in [1.54, 1.807) is 13.8 Å². The lowest BCUT2D eigenvalue weighted by Crippen LogP contribution is -2.39. The predicted molar refractivity (Wildman–Crippen MR) is 81.7 cm³/mol. The van der Waals surface area contributed by atoms with Gasteiger partial charge in [-0.05, 0) is 27.7 Å². The summed E-state index contributed by atoms with van der Waals surface area (Å²) in [5.74, 6) is -2.34. The summed E-state index contributed by atoms with van der Waals surface area (Å²) in [4.78, 5) is 11.7. The van der Waals surface area contributed by atoms with Gasteiger partial charge in [0.15, 0.2) is 5.60 Å². The van der Waals surface area contributed by atoms with E-state index >= 15 is 0 Å². The van der Waals surface area contributed by atoms with Gasteiger partial charge in [0.1, 0.15) is 6.61 Å². The van der Waals surface area contributed by atoms with Crippen LogP contribution in [-0.2, 0) is 28.5 Å². The van der Waals surface area contributed by atoms with Crippen LogP contribution in [0.5, 0.6) is 0 Å². The third-order valence-electron chi connectivity index (χ3n) is 2.64. The van der Waals surface area contributed by atoms with Gasteiger partial charge in [0, 0.05) is 6.92 Å². The van der Waals surface area contributed by atoms with Gasteiger partial charge in [-0.3, -0.25) is 0 Å². The quantitative estimate of drug-likeness (QED) is 0.283. The number of aliphatic hydroxyl groups excluding tert-OH is 1. The topological polar surface area (TPSA) is 104 Å². The van der Waals surface area contributed by atoms with Crippen LogP contribution >= 0.6 is 0 Å². The molecule has 0 rings (SSSR count). The van der Waals surface area contributed by atoms with Crippen molar-refractivity contribution in [3.63, 3.8) is 0 Å². The van der Waals surface area contributed by atoms with Crippen LogP contribution in [-0.4, -0.2) is 73.5 Å². The lowest BCUT2D eigenvalue weighted by atomic mass is 10.1. The van der Waals surface area contributed by atoms with Gasteiger partial charge in [-0.2, -0.15) is 0 Å². The molecule has 0 aromatic rings. The minimum atomic E-state index is -1.76. The van der Waals surface area contributed by atoms with Crippen molar-refractivity contribution in [2.45, 2.75) is 52.3 Å². The molecule has 0 aliphatic heterocycles. The molecule has 138 valence electrons. The maximum Gasteiger partial charge on any atom is 0.337 e. The van der Waals surface area contributed by atoms with Gasteiger partial charge < -0.3 is 33.9 Å². The summed E-state index contributed by atoms with van der Waals surface area (Å²) in [5, 5.41) is 18.5. The Labute approximate surface area is 137 Å². The molecule has 0 aromatic heterocycles. The third kappa shape index (κ3) is 11.4. The van der Waals surface area contributed by atoms with Crippen molar-refractivity contribution in [1.82, 2.24) is 0 Å². The fourth-order valence-electron chi connectivity index (χ4n) is 1.46. The summed E-state index contributed by atoms with van der Waals surface area (Å²) >= 11 is 0. The highest BCUT2D eigenvalue weighted by atomic mass is 16.8. The van der Waals surface area contributed by atoms with Gasteiger partial charge in [0.25, 0.3) is 5.97 Å². The number of esters is 1. The third-order valence-corrected chi connectivity index (χ3v) is 2.64. The van der Waals surface area contributed by atoms with Crippen LogP contribution in [0.25, 0.3) is 0 Å². The number of rotatable bonds is 13. The van der Waals surface area contributed by atoms with Crippen molar-refractivity contribution in [3.05, 3.63) is 0 Å². The Hall–Kier alpha value is -0.770. The fourth-order valence-corrected chi connectivity index (χ4v) is 1.46. The molecule has 0 saturated carbocycles. The summed E-state index contributed by atoms with van der Waals surface area (Å²) in [6.45, 7) is 8.55. The monoisotopic (exact) mass is 338 g/mol. The standard InChI is InChI=1S/C15H30O8/c1-12(2)19-8-9-22-15(5,18)23-11-10-21-14(3,4)13(17)20-7-6-16/h12,16,18H,6-11H2,1-5H3. The first-order valence-electron chi connectivity index (χ1n) is 7.64. The van der Waals surface area contributed by atoms with Crippen LogP contribution in [0.3, 0.4) is 0 Å². The number of aliphatic hydroxyl groups is 2. The van der Waals surface area contributed by atoms with Gasteiger partial charge in [-0.1, -0.05) is 0 Å². The second-order valence-corrected chi connectivity index (χ2v) is 5.73. The van der Waals surface area contributed by atoms with E-state index in [4.69, 9.17) is 28.8 Å². The Morgan fingerprint density at radius 3 is 2.00 bits per heavy atom. The second-order valence-electron chi connectivity index (χ2n) is 5.73. The molecule has 0 heterocycles. The van der Waals surface area contributed by atoms with Crippen molar-refractivity contribution in [2.75, 3.05) is 39.6 Å². The molecular formula is C15H30O8. The van der Waals surface area contributed by atoms with Gasteiger partial charge in [0.05, 0.1) is 39.1 Å². The zero-order valence-electron chi connectivity index (χ0n) is 14.7. The van der Waals surface area contributed by atoms with Crippen LogP contribution in [0.2, 0.25) is 0 Å². The van der Waals surface area contributed by atoms with E-state index in [-0.39, 0.29) is 39.1 Å². The average Bonchev–Trinajstić information content (AvgIpc) is 2.45. The largest absolute Gasteiger partial charge is 0.461 e. The van der Waals surface area contributed by atoms with E-state index in [0.29, 0.717) is 6.61 Å². The van der Waals surface area contributed by atoms with E-state index in [1.807, 2.05) is 13.8 Å². The number of carbonyl (C=O) groups excluding carboxylic acids is 1. The Kier molecular flexibility index (Phi) is 10.5. The summed E-state index contributed by atoms with van der Waals surface area (Å²) in [6.07, 6.45) is 0.0886. The SMILES string of the molecule is CC(C)OCCOC(C)(O)OCCOC(C)(C)C(=O)OCCO. The molecule has 23 heavy (non-hydrogen) atoms. The number of carbonyl (C=O) groups is 1. The molecule has 1 atom stereocenters. The highest BCUT2D eigenvalue weighted by Gasteiger charge is 2.30. The highest BCUT2D eigenvalue weighted by Crippen LogP contribution is 2.13. The first kappa shape index (κ1) is 22.2. The van der Waals surface area contributed by atoms with Crippen LogP contribution in [0.1, 0.15) is 34.6 Å². The predicted octanol–water partition coefficient (Wildman–Crippen LogP) is 0.441. The molecule has 8 heteroatoms. The van der Waals surface area contributed by atoms with E-state index < -0.39 is 17.5 Å². The summed E-state index contributed by atoms with van der Waals surface area (Å²) in [5.41, 5.74) is -1.17. The Morgan fingerprint density at radius 2 is 1.48 bits per heavy atom. The van der Waals surface area contributed by atoms with Gasteiger partial charge in [-0.25, -0.2) is 4.79 Å². The van der Waals surface area contributed by atoms with E-state index in [2.05, 4.69) is 0 Å². The molecule has 8 nitrogen and oxygen atoms in total. The van der Waals surface area contributed by atoms with Crippen LogP contribution in [0.4, 0.5) is 0 Å². The molecule has 0 aliphatic rings. The molecule has 0 aliphatic carbocycles. The molecule has 0 fully saturated rings. The van der Waals surface area contributed by atoms with E-state index in [9.17, 15) is 9.90 Å². The molecule has 0 radical (unpaired) electrons. The summed E-state index contributed by atoms with van der Waals surface area (Å²) < 4.78 is 25.7. The molecule has 0 amide bonds. The Bertz CT molecular complexity index is 327. The average molecular weight is 338 g/mol. The molecule has 0 aromatic carbocycles. The first-order valence-corrected chi connectivity index (χ1v) is 7.64. The minimum absolute atomic E-state index is 0.0226. The van der Waals surface area contributed by atoms with Crippen molar-refractivity contribution >= 4 is 5.97 Å². The molecule has 0 saturated heterocycles. The highest BCUT2D eigenvalue weighted by molar-refractivity contribution is 5.78. The molecule has 0 bridgehead atoms. The number of hydrogen-bond donors (Lipinski definition) is 2. The summed E-state index contributed by atoms with van der Waals surface area (Å²) in [7, 11) is 0. The van der Waals surface area contributed by atoms with E-state index in [1.165, 1.54) is 6.92 Å². The smallest absolute Gasteiger partial charge is 0.337 e. The second kappa shape index (κ2) is 10.9. The summed E-state index contributed by atoms with van der Waals surface area (Å²) in [6, 6.07) is 0. The van der Waals surface area contributed by atoms with Crippen molar-refractivity contribution in [2.24, 2.45) is 0 Å². The molecule has 1 unspecified atom stereocenters. The molecular weight excluding hydrogens is 308 g/mol. The minimum Gasteiger partial charge on any atom is -0.461 e. The molecule has 0 spiro atoms. The van der Waals surface area contributed by atoms with E-state index in [0.717, 1.165) is 0 Å². The molecule has 2 N–H and O–H groups in total. The Morgan fingerprint density at radius 1 is 0.957 bits per heavy atom. The number of hydrogen-bond acceptors (Lipinski definition) is 8. The zero-order chi connectivity index (χ0) is 17.9. The number of ether oxygens (including phenoxy) is 5. The maximum atomic E-state index is 11.7. The maximum absolute atomic E-state index is 11.7. The van der Waals surface area contributed by atoms with Crippen LogP contribution in [0, 0.1) is 0 Å². The van der Waals surface area contributed by atoms with Crippen molar-refractivity contribution in [3.8, 4) is 0 Å².